The summed E-state index contributed by atoms with van der Waals surface area (Å²) in [6.45, 7) is 5.05. The van der Waals surface area contributed by atoms with E-state index in [2.05, 4.69) is 48.4 Å². The van der Waals surface area contributed by atoms with Gasteiger partial charge in [-0.15, -0.1) is 0 Å². The number of primary amides is 1. The van der Waals surface area contributed by atoms with Crippen LogP contribution in [-0.4, -0.2) is 10.9 Å². The first-order valence-electron chi connectivity index (χ1n) is 6.65. The third-order valence-electron chi connectivity index (χ3n) is 3.16. The minimum absolute atomic E-state index is 0.269. The maximum Gasteiger partial charge on any atom is 0.267 e. The smallest absolute Gasteiger partial charge is 0.267 e. The highest BCUT2D eigenvalue weighted by Crippen LogP contribution is 2.16. The lowest BCUT2D eigenvalue weighted by Gasteiger charge is -2.09. The van der Waals surface area contributed by atoms with Gasteiger partial charge in [0.25, 0.3) is 5.91 Å². The molecule has 1 amide bonds. The zero-order valence-electron chi connectivity index (χ0n) is 11.8. The molecule has 0 atom stereocenters. The van der Waals surface area contributed by atoms with Crippen LogP contribution in [0.2, 0.25) is 0 Å². The van der Waals surface area contributed by atoms with Crippen molar-refractivity contribution in [2.24, 2.45) is 5.73 Å². The van der Waals surface area contributed by atoms with Gasteiger partial charge in [-0.25, -0.2) is 0 Å². The van der Waals surface area contributed by atoms with E-state index in [1.54, 1.807) is 12.3 Å². The molecule has 4 nitrogen and oxygen atoms in total. The van der Waals surface area contributed by atoms with Crippen LogP contribution in [0.3, 0.4) is 0 Å². The highest BCUT2D eigenvalue weighted by atomic mass is 16.1. The van der Waals surface area contributed by atoms with Gasteiger partial charge in [-0.1, -0.05) is 38.1 Å². The molecule has 104 valence electrons. The van der Waals surface area contributed by atoms with Crippen LogP contribution in [-0.2, 0) is 6.54 Å². The molecule has 20 heavy (non-hydrogen) atoms. The van der Waals surface area contributed by atoms with Gasteiger partial charge in [0, 0.05) is 18.4 Å². The van der Waals surface area contributed by atoms with E-state index in [0.717, 1.165) is 5.69 Å². The molecule has 0 bridgehead atoms. The Bertz CT molecular complexity index is 591. The monoisotopic (exact) mass is 269 g/mol. The molecule has 2 rings (SSSR count). The number of aromatic nitrogens is 1. The highest BCUT2D eigenvalue weighted by molar-refractivity contribution is 5.91. The number of hydrogen-bond donors (Lipinski definition) is 2. The first kappa shape index (κ1) is 14.1. The Hall–Kier alpha value is -2.36. The van der Waals surface area contributed by atoms with Crippen LogP contribution in [0.5, 0.6) is 0 Å². The second-order valence-electron chi connectivity index (χ2n) is 5.04. The SMILES string of the molecule is CC(C)c1ccc(CNc2ccnc(C(N)=O)c2)cc1. The minimum Gasteiger partial charge on any atom is -0.381 e. The number of anilines is 1. The van der Waals surface area contributed by atoms with Crippen molar-refractivity contribution in [2.75, 3.05) is 5.32 Å². The summed E-state index contributed by atoms with van der Waals surface area (Å²) < 4.78 is 0. The highest BCUT2D eigenvalue weighted by Gasteiger charge is 2.03. The van der Waals surface area contributed by atoms with Crippen molar-refractivity contribution in [1.82, 2.24) is 4.98 Å². The van der Waals surface area contributed by atoms with E-state index < -0.39 is 5.91 Å². The molecule has 0 aliphatic carbocycles. The van der Waals surface area contributed by atoms with Gasteiger partial charge in [0.1, 0.15) is 5.69 Å². The molecule has 1 aromatic heterocycles. The lowest BCUT2D eigenvalue weighted by molar-refractivity contribution is 0.0995. The topological polar surface area (TPSA) is 68.0 Å². The molecule has 0 saturated carbocycles. The number of nitrogens with one attached hydrogen (secondary N) is 1. The number of rotatable bonds is 5. The van der Waals surface area contributed by atoms with Crippen LogP contribution < -0.4 is 11.1 Å². The number of nitrogens with zero attached hydrogens (tertiary/aromatic N) is 1. The maximum absolute atomic E-state index is 11.1. The number of carbonyl (C=O) groups excluding carboxylic acids is 1. The van der Waals surface area contributed by atoms with E-state index in [4.69, 9.17) is 5.73 Å². The zero-order valence-corrected chi connectivity index (χ0v) is 11.8. The van der Waals surface area contributed by atoms with Gasteiger partial charge in [0.2, 0.25) is 0 Å². The molecule has 1 heterocycles. The average Bonchev–Trinajstić information content (AvgIpc) is 2.46. The van der Waals surface area contributed by atoms with Crippen molar-refractivity contribution in [1.29, 1.82) is 0 Å². The van der Waals surface area contributed by atoms with Gasteiger partial charge in [0.15, 0.2) is 0 Å². The Balaban J connectivity index is 2.01. The van der Waals surface area contributed by atoms with E-state index in [1.807, 2.05) is 6.07 Å². The van der Waals surface area contributed by atoms with E-state index in [0.29, 0.717) is 12.5 Å². The van der Waals surface area contributed by atoms with Gasteiger partial charge >= 0.3 is 0 Å². The van der Waals surface area contributed by atoms with E-state index in [9.17, 15) is 4.79 Å². The fourth-order valence-corrected chi connectivity index (χ4v) is 1.90. The van der Waals surface area contributed by atoms with Crippen molar-refractivity contribution >= 4 is 11.6 Å². The predicted octanol–water partition coefficient (Wildman–Crippen LogP) is 2.92. The summed E-state index contributed by atoms with van der Waals surface area (Å²) in [5.74, 6) is 0.0188. The van der Waals surface area contributed by atoms with Crippen LogP contribution in [0.4, 0.5) is 5.69 Å². The Morgan fingerprint density at radius 3 is 2.55 bits per heavy atom. The Labute approximate surface area is 119 Å². The molecule has 0 spiro atoms. The van der Waals surface area contributed by atoms with Gasteiger partial charge in [-0.2, -0.15) is 0 Å². The van der Waals surface area contributed by atoms with E-state index in [-0.39, 0.29) is 5.69 Å². The molecular formula is C16H19N3O. The van der Waals surface area contributed by atoms with Crippen molar-refractivity contribution < 1.29 is 4.79 Å². The van der Waals surface area contributed by atoms with Crippen LogP contribution in [0.1, 0.15) is 41.4 Å². The largest absolute Gasteiger partial charge is 0.381 e. The minimum atomic E-state index is -0.519. The molecule has 0 aliphatic heterocycles. The van der Waals surface area contributed by atoms with Crippen molar-refractivity contribution in [3.63, 3.8) is 0 Å². The van der Waals surface area contributed by atoms with E-state index >= 15 is 0 Å². The normalized spacial score (nSPS) is 10.6. The third-order valence-corrected chi connectivity index (χ3v) is 3.16. The molecule has 2 aromatic rings. The number of hydrogen-bond acceptors (Lipinski definition) is 3. The van der Waals surface area contributed by atoms with Crippen LogP contribution in [0.15, 0.2) is 42.6 Å². The first-order valence-corrected chi connectivity index (χ1v) is 6.65. The number of nitrogens with two attached hydrogens (primary N) is 1. The van der Waals surface area contributed by atoms with Gasteiger partial charge in [0.05, 0.1) is 0 Å². The molecular weight excluding hydrogens is 250 g/mol. The lowest BCUT2D eigenvalue weighted by Crippen LogP contribution is -2.13. The molecule has 0 unspecified atom stereocenters. The van der Waals surface area contributed by atoms with Crippen LogP contribution in [0.25, 0.3) is 0 Å². The summed E-state index contributed by atoms with van der Waals surface area (Å²) in [7, 11) is 0. The molecule has 0 saturated heterocycles. The fraction of sp³-hybridized carbons (Fsp3) is 0.250. The fourth-order valence-electron chi connectivity index (χ4n) is 1.90. The third kappa shape index (κ3) is 3.57. The van der Waals surface area contributed by atoms with Gasteiger partial charge < -0.3 is 11.1 Å². The maximum atomic E-state index is 11.1. The first-order chi connectivity index (χ1) is 9.56. The molecule has 1 aromatic carbocycles. The standard InChI is InChI=1S/C16H19N3O/c1-11(2)13-5-3-12(4-6-13)10-19-14-7-8-18-15(9-14)16(17)20/h3-9,11H,10H2,1-2H3,(H2,17,20)(H,18,19). The summed E-state index contributed by atoms with van der Waals surface area (Å²) in [6.07, 6.45) is 1.57. The van der Waals surface area contributed by atoms with Gasteiger partial charge in [-0.05, 0) is 29.2 Å². The Morgan fingerprint density at radius 1 is 1.25 bits per heavy atom. The van der Waals surface area contributed by atoms with Crippen molar-refractivity contribution in [3.8, 4) is 0 Å². The molecule has 0 fully saturated rings. The molecule has 3 N–H and O–H groups in total. The summed E-state index contributed by atoms with van der Waals surface area (Å²) in [4.78, 5) is 15.0. The second kappa shape index (κ2) is 6.19. The number of benzene rings is 1. The summed E-state index contributed by atoms with van der Waals surface area (Å²) in [6, 6.07) is 12.0. The Morgan fingerprint density at radius 2 is 1.95 bits per heavy atom. The molecule has 0 radical (unpaired) electrons. The quantitative estimate of drug-likeness (QED) is 0.877. The summed E-state index contributed by atoms with van der Waals surface area (Å²) >= 11 is 0. The molecule has 0 aliphatic rings. The average molecular weight is 269 g/mol. The van der Waals surface area contributed by atoms with Crippen LogP contribution in [0, 0.1) is 0 Å². The number of amides is 1. The summed E-state index contributed by atoms with van der Waals surface area (Å²) in [5.41, 5.74) is 8.82. The lowest BCUT2D eigenvalue weighted by atomic mass is 10.0. The van der Waals surface area contributed by atoms with Crippen LogP contribution >= 0.6 is 0 Å². The zero-order chi connectivity index (χ0) is 14.5. The second-order valence-corrected chi connectivity index (χ2v) is 5.04. The molecule has 4 heteroatoms. The van der Waals surface area contributed by atoms with E-state index in [1.165, 1.54) is 11.1 Å². The number of carbonyl (C=O) groups is 1. The van der Waals surface area contributed by atoms with Crippen molar-refractivity contribution in [3.05, 3.63) is 59.4 Å². The summed E-state index contributed by atoms with van der Waals surface area (Å²) in [5, 5.41) is 3.26. The predicted molar refractivity (Wildman–Crippen MR) is 80.6 cm³/mol. The Kier molecular flexibility index (Phi) is 4.35. The van der Waals surface area contributed by atoms with Crippen molar-refractivity contribution in [2.45, 2.75) is 26.3 Å². The van der Waals surface area contributed by atoms with Gasteiger partial charge in [-0.3, -0.25) is 9.78 Å². The number of pyridine rings is 1.